The van der Waals surface area contributed by atoms with Crippen molar-refractivity contribution < 1.29 is 13.6 Å². The van der Waals surface area contributed by atoms with Crippen molar-refractivity contribution in [3.63, 3.8) is 0 Å². The number of halogens is 2. The Morgan fingerprint density at radius 1 is 0.893 bits per heavy atom. The van der Waals surface area contributed by atoms with E-state index in [1.807, 2.05) is 24.3 Å². The molecule has 0 fully saturated rings. The molecule has 5 nitrogen and oxygen atoms in total. The first kappa shape index (κ1) is 17.5. The molecule has 4 aromatic rings. The quantitative estimate of drug-likeness (QED) is 0.531. The van der Waals surface area contributed by atoms with Crippen LogP contribution in [0, 0.1) is 11.6 Å². The number of carbonyl (C=O) groups is 1. The van der Waals surface area contributed by atoms with Gasteiger partial charge >= 0.3 is 0 Å². The second kappa shape index (κ2) is 7.40. The molecule has 0 spiro atoms. The molecule has 0 bridgehead atoms. The summed E-state index contributed by atoms with van der Waals surface area (Å²) < 4.78 is 26.7. The average molecular weight is 376 g/mol. The second-order valence-corrected chi connectivity index (χ2v) is 6.02. The number of nitrogens with one attached hydrogen (secondary N) is 2. The minimum absolute atomic E-state index is 0.0907. The molecule has 2 aromatic heterocycles. The molecule has 2 aromatic carbocycles. The Balaban J connectivity index is 1.51. The molecule has 0 saturated carbocycles. The summed E-state index contributed by atoms with van der Waals surface area (Å²) in [6.07, 6.45) is 3.03. The SMILES string of the molecule is O=C(Nc1cccc2cccnc12)c1ccc(Nc2ccc(F)cc2F)nc1. The molecule has 28 heavy (non-hydrogen) atoms. The number of rotatable bonds is 4. The van der Waals surface area contributed by atoms with E-state index >= 15 is 0 Å². The van der Waals surface area contributed by atoms with Gasteiger partial charge in [0.1, 0.15) is 17.5 Å². The first-order valence-corrected chi connectivity index (χ1v) is 8.43. The van der Waals surface area contributed by atoms with E-state index in [0.29, 0.717) is 22.6 Å². The van der Waals surface area contributed by atoms with Crippen molar-refractivity contribution in [3.05, 3.63) is 90.3 Å². The lowest BCUT2D eigenvalue weighted by Gasteiger charge is -2.09. The van der Waals surface area contributed by atoms with Gasteiger partial charge in [0.15, 0.2) is 0 Å². The third-order valence-corrected chi connectivity index (χ3v) is 4.10. The lowest BCUT2D eigenvalue weighted by molar-refractivity contribution is 0.102. The minimum Gasteiger partial charge on any atom is -0.338 e. The smallest absolute Gasteiger partial charge is 0.257 e. The Morgan fingerprint density at radius 3 is 2.54 bits per heavy atom. The van der Waals surface area contributed by atoms with Gasteiger partial charge in [-0.2, -0.15) is 0 Å². The van der Waals surface area contributed by atoms with Gasteiger partial charge in [0.25, 0.3) is 5.91 Å². The molecule has 0 unspecified atom stereocenters. The van der Waals surface area contributed by atoms with Crippen molar-refractivity contribution in [2.75, 3.05) is 10.6 Å². The highest BCUT2D eigenvalue weighted by atomic mass is 19.1. The summed E-state index contributed by atoms with van der Waals surface area (Å²) in [5.41, 5.74) is 1.71. The fourth-order valence-corrected chi connectivity index (χ4v) is 2.73. The third kappa shape index (κ3) is 3.64. The van der Waals surface area contributed by atoms with Crippen LogP contribution < -0.4 is 10.6 Å². The number of aromatic nitrogens is 2. The Labute approximate surface area is 159 Å². The normalized spacial score (nSPS) is 10.6. The number of carbonyl (C=O) groups excluding carboxylic acids is 1. The highest BCUT2D eigenvalue weighted by Crippen LogP contribution is 2.22. The van der Waals surface area contributed by atoms with Crippen LogP contribution in [0.4, 0.5) is 26.0 Å². The number of nitrogens with zero attached hydrogens (tertiary/aromatic N) is 2. The number of hydrogen-bond acceptors (Lipinski definition) is 4. The van der Waals surface area contributed by atoms with E-state index in [1.165, 1.54) is 12.3 Å². The monoisotopic (exact) mass is 376 g/mol. The molecule has 4 rings (SSSR count). The number of pyridine rings is 2. The maximum atomic E-state index is 13.7. The molecular formula is C21H14F2N4O. The van der Waals surface area contributed by atoms with Gasteiger partial charge in [-0.15, -0.1) is 0 Å². The van der Waals surface area contributed by atoms with Crippen LogP contribution in [-0.4, -0.2) is 15.9 Å². The highest BCUT2D eigenvalue weighted by molar-refractivity contribution is 6.08. The Kier molecular flexibility index (Phi) is 4.63. The Morgan fingerprint density at radius 2 is 1.75 bits per heavy atom. The third-order valence-electron chi connectivity index (χ3n) is 4.10. The van der Waals surface area contributed by atoms with Crippen LogP contribution in [0.2, 0.25) is 0 Å². The zero-order valence-electron chi connectivity index (χ0n) is 14.5. The van der Waals surface area contributed by atoms with Crippen molar-refractivity contribution in [2.45, 2.75) is 0 Å². The topological polar surface area (TPSA) is 66.9 Å². The standard InChI is InChI=1S/C21H14F2N4O/c22-15-7-8-17(16(23)11-15)26-19-9-6-14(12-25-19)21(28)27-18-5-1-3-13-4-2-10-24-20(13)18/h1-12H,(H,25,26)(H,27,28). The zero-order chi connectivity index (χ0) is 19.5. The second-order valence-electron chi connectivity index (χ2n) is 6.02. The molecule has 0 saturated heterocycles. The molecule has 7 heteroatoms. The van der Waals surface area contributed by atoms with Crippen LogP contribution in [0.5, 0.6) is 0 Å². The summed E-state index contributed by atoms with van der Waals surface area (Å²) >= 11 is 0. The number of benzene rings is 2. The van der Waals surface area contributed by atoms with Crippen molar-refractivity contribution in [1.29, 1.82) is 0 Å². The maximum absolute atomic E-state index is 13.7. The van der Waals surface area contributed by atoms with Crippen LogP contribution in [0.25, 0.3) is 10.9 Å². The first-order chi connectivity index (χ1) is 13.6. The van der Waals surface area contributed by atoms with E-state index in [2.05, 4.69) is 20.6 Å². The van der Waals surface area contributed by atoms with Crippen LogP contribution in [0.15, 0.2) is 73.1 Å². The lowest BCUT2D eigenvalue weighted by atomic mass is 10.2. The van der Waals surface area contributed by atoms with Gasteiger partial charge in [0.05, 0.1) is 22.5 Å². The highest BCUT2D eigenvalue weighted by Gasteiger charge is 2.10. The fraction of sp³-hybridized carbons (Fsp3) is 0. The predicted octanol–water partition coefficient (Wildman–Crippen LogP) is 4.90. The van der Waals surface area contributed by atoms with Gasteiger partial charge < -0.3 is 10.6 Å². The summed E-state index contributed by atoms with van der Waals surface area (Å²) in [5.74, 6) is -1.41. The van der Waals surface area contributed by atoms with Crippen molar-refractivity contribution >= 4 is 34.0 Å². The molecule has 0 aliphatic heterocycles. The van der Waals surface area contributed by atoms with Crippen molar-refractivity contribution in [2.24, 2.45) is 0 Å². The number of para-hydroxylation sites is 1. The molecule has 138 valence electrons. The van der Waals surface area contributed by atoms with Gasteiger partial charge in [0, 0.05) is 23.8 Å². The van der Waals surface area contributed by atoms with E-state index < -0.39 is 11.6 Å². The Bertz CT molecular complexity index is 1160. The van der Waals surface area contributed by atoms with Gasteiger partial charge in [-0.05, 0) is 36.4 Å². The fourth-order valence-electron chi connectivity index (χ4n) is 2.73. The van der Waals surface area contributed by atoms with E-state index in [-0.39, 0.29) is 11.6 Å². The van der Waals surface area contributed by atoms with Crippen molar-refractivity contribution in [1.82, 2.24) is 9.97 Å². The summed E-state index contributed by atoms with van der Waals surface area (Å²) in [7, 11) is 0. The molecule has 0 radical (unpaired) electrons. The summed E-state index contributed by atoms with van der Waals surface area (Å²) in [5, 5.41) is 6.48. The average Bonchev–Trinajstić information content (AvgIpc) is 2.71. The molecule has 0 aliphatic rings. The maximum Gasteiger partial charge on any atom is 0.257 e. The first-order valence-electron chi connectivity index (χ1n) is 8.43. The van der Waals surface area contributed by atoms with Gasteiger partial charge in [-0.3, -0.25) is 9.78 Å². The Hall–Kier alpha value is -3.87. The van der Waals surface area contributed by atoms with Gasteiger partial charge in [-0.1, -0.05) is 18.2 Å². The number of anilines is 3. The summed E-state index contributed by atoms with van der Waals surface area (Å²) in [4.78, 5) is 20.9. The molecule has 2 N–H and O–H groups in total. The van der Waals surface area contributed by atoms with Crippen LogP contribution in [-0.2, 0) is 0 Å². The van der Waals surface area contributed by atoms with E-state index in [4.69, 9.17) is 0 Å². The largest absolute Gasteiger partial charge is 0.338 e. The molecule has 2 heterocycles. The number of hydrogen-bond donors (Lipinski definition) is 2. The van der Waals surface area contributed by atoms with E-state index in [9.17, 15) is 13.6 Å². The van der Waals surface area contributed by atoms with E-state index in [1.54, 1.807) is 24.4 Å². The molecule has 1 amide bonds. The van der Waals surface area contributed by atoms with Crippen LogP contribution in [0.3, 0.4) is 0 Å². The predicted molar refractivity (Wildman–Crippen MR) is 104 cm³/mol. The molecule has 0 atom stereocenters. The minimum atomic E-state index is -0.730. The van der Waals surface area contributed by atoms with Gasteiger partial charge in [-0.25, -0.2) is 13.8 Å². The zero-order valence-corrected chi connectivity index (χ0v) is 14.5. The summed E-state index contributed by atoms with van der Waals surface area (Å²) in [6, 6.07) is 15.6. The number of amides is 1. The lowest BCUT2D eigenvalue weighted by Crippen LogP contribution is -2.13. The van der Waals surface area contributed by atoms with Crippen LogP contribution in [0.1, 0.15) is 10.4 Å². The van der Waals surface area contributed by atoms with Gasteiger partial charge in [0.2, 0.25) is 0 Å². The van der Waals surface area contributed by atoms with Crippen molar-refractivity contribution in [3.8, 4) is 0 Å². The van der Waals surface area contributed by atoms with Crippen LogP contribution >= 0.6 is 0 Å². The molecular weight excluding hydrogens is 362 g/mol. The summed E-state index contributed by atoms with van der Waals surface area (Å²) in [6.45, 7) is 0. The number of fused-ring (bicyclic) bond motifs is 1. The molecule has 0 aliphatic carbocycles. The van der Waals surface area contributed by atoms with E-state index in [0.717, 1.165) is 17.5 Å².